The van der Waals surface area contributed by atoms with Crippen molar-refractivity contribution in [3.05, 3.63) is 23.0 Å². The van der Waals surface area contributed by atoms with Crippen LogP contribution in [0.4, 0.5) is 4.79 Å². The SMILES string of the molecule is Cc1cc(C(C)(C=O)NC(=O)OC(C)(C)C)c(C)n1CC(C)C. The Bertz CT molecular complexity index is 582. The van der Waals surface area contributed by atoms with E-state index in [-0.39, 0.29) is 0 Å². The zero-order valence-corrected chi connectivity index (χ0v) is 15.6. The van der Waals surface area contributed by atoms with Crippen molar-refractivity contribution in [2.75, 3.05) is 0 Å². The van der Waals surface area contributed by atoms with E-state index in [1.54, 1.807) is 27.7 Å². The molecule has 0 saturated heterocycles. The Labute approximate surface area is 139 Å². The van der Waals surface area contributed by atoms with Gasteiger partial charge in [-0.3, -0.25) is 0 Å². The minimum atomic E-state index is -1.11. The largest absolute Gasteiger partial charge is 0.444 e. The van der Waals surface area contributed by atoms with E-state index in [1.807, 2.05) is 19.9 Å². The summed E-state index contributed by atoms with van der Waals surface area (Å²) in [4.78, 5) is 23.8. The van der Waals surface area contributed by atoms with Crippen molar-refractivity contribution in [3.63, 3.8) is 0 Å². The van der Waals surface area contributed by atoms with E-state index in [9.17, 15) is 9.59 Å². The molecule has 1 aromatic heterocycles. The van der Waals surface area contributed by atoms with E-state index in [0.717, 1.165) is 29.8 Å². The highest BCUT2D eigenvalue weighted by atomic mass is 16.6. The molecule has 23 heavy (non-hydrogen) atoms. The number of aromatic nitrogens is 1. The summed E-state index contributed by atoms with van der Waals surface area (Å²) in [6.07, 6.45) is 0.166. The molecule has 5 heteroatoms. The van der Waals surface area contributed by atoms with Crippen LogP contribution in [0.15, 0.2) is 6.07 Å². The zero-order valence-electron chi connectivity index (χ0n) is 15.6. The summed E-state index contributed by atoms with van der Waals surface area (Å²) in [6, 6.07) is 1.96. The molecule has 0 aliphatic carbocycles. The van der Waals surface area contributed by atoms with Gasteiger partial charge in [0.25, 0.3) is 0 Å². The Kier molecular flexibility index (Phi) is 5.67. The van der Waals surface area contributed by atoms with Crippen LogP contribution in [-0.2, 0) is 21.6 Å². The van der Waals surface area contributed by atoms with Gasteiger partial charge in [0, 0.05) is 23.5 Å². The van der Waals surface area contributed by atoms with Crippen molar-refractivity contribution in [1.29, 1.82) is 0 Å². The Balaban J connectivity index is 3.14. The molecule has 1 aromatic rings. The maximum Gasteiger partial charge on any atom is 0.408 e. The first-order chi connectivity index (χ1) is 10.4. The van der Waals surface area contributed by atoms with Crippen molar-refractivity contribution in [2.45, 2.75) is 73.1 Å². The predicted octanol–water partition coefficient (Wildman–Crippen LogP) is 3.70. The highest BCUT2D eigenvalue weighted by Crippen LogP contribution is 2.27. The van der Waals surface area contributed by atoms with Crippen LogP contribution in [0.1, 0.15) is 58.5 Å². The second-order valence-corrected chi connectivity index (χ2v) is 7.74. The molecule has 1 N–H and O–H groups in total. The van der Waals surface area contributed by atoms with E-state index < -0.39 is 17.2 Å². The Morgan fingerprint density at radius 2 is 1.87 bits per heavy atom. The highest BCUT2D eigenvalue weighted by Gasteiger charge is 2.33. The summed E-state index contributed by atoms with van der Waals surface area (Å²) >= 11 is 0. The number of carbonyl (C=O) groups excluding carboxylic acids is 2. The topological polar surface area (TPSA) is 60.3 Å². The van der Waals surface area contributed by atoms with Crippen LogP contribution in [0, 0.1) is 19.8 Å². The normalized spacial score (nSPS) is 14.5. The fourth-order valence-corrected chi connectivity index (χ4v) is 2.65. The van der Waals surface area contributed by atoms with Gasteiger partial charge in [0.2, 0.25) is 0 Å². The summed E-state index contributed by atoms with van der Waals surface area (Å²) in [5, 5.41) is 2.71. The summed E-state index contributed by atoms with van der Waals surface area (Å²) in [5.41, 5.74) is 1.14. The number of carbonyl (C=O) groups is 2. The molecule has 5 nitrogen and oxygen atoms in total. The van der Waals surface area contributed by atoms with E-state index in [2.05, 4.69) is 23.7 Å². The number of aldehydes is 1. The van der Waals surface area contributed by atoms with E-state index in [1.165, 1.54) is 0 Å². The Hall–Kier alpha value is -1.78. The van der Waals surface area contributed by atoms with E-state index >= 15 is 0 Å². The van der Waals surface area contributed by atoms with Crippen LogP contribution in [0.25, 0.3) is 0 Å². The number of nitrogens with zero attached hydrogens (tertiary/aromatic N) is 1. The standard InChI is InChI=1S/C18H30N2O3/c1-12(2)10-20-13(3)9-15(14(20)4)18(8,11-21)19-16(22)23-17(5,6)7/h9,11-12H,10H2,1-8H3,(H,19,22). The first kappa shape index (κ1) is 19.3. The smallest absolute Gasteiger partial charge is 0.408 e. The van der Waals surface area contributed by atoms with Crippen molar-refractivity contribution in [1.82, 2.24) is 9.88 Å². The molecule has 1 amide bonds. The molecule has 0 aliphatic heterocycles. The number of amides is 1. The highest BCUT2D eigenvalue weighted by molar-refractivity contribution is 5.78. The third-order valence-electron chi connectivity index (χ3n) is 3.68. The summed E-state index contributed by atoms with van der Waals surface area (Å²) in [5.74, 6) is 0.494. The van der Waals surface area contributed by atoms with Crippen molar-refractivity contribution >= 4 is 12.4 Å². The van der Waals surface area contributed by atoms with Crippen molar-refractivity contribution in [3.8, 4) is 0 Å². The van der Waals surface area contributed by atoms with Crippen LogP contribution in [0.2, 0.25) is 0 Å². The summed E-state index contributed by atoms with van der Waals surface area (Å²) < 4.78 is 7.46. The van der Waals surface area contributed by atoms with Crippen LogP contribution >= 0.6 is 0 Å². The minimum Gasteiger partial charge on any atom is -0.444 e. The monoisotopic (exact) mass is 322 g/mol. The molecule has 1 atom stereocenters. The van der Waals surface area contributed by atoms with Gasteiger partial charge in [-0.05, 0) is 53.5 Å². The van der Waals surface area contributed by atoms with Gasteiger partial charge in [-0.2, -0.15) is 0 Å². The second kappa shape index (κ2) is 6.77. The molecule has 0 aliphatic rings. The van der Waals surface area contributed by atoms with Gasteiger partial charge in [-0.1, -0.05) is 13.8 Å². The van der Waals surface area contributed by atoms with E-state index in [4.69, 9.17) is 4.74 Å². The summed E-state index contributed by atoms with van der Waals surface area (Å²) in [6.45, 7) is 16.2. The molecule has 0 saturated carbocycles. The molecule has 0 aromatic carbocycles. The Morgan fingerprint density at radius 3 is 2.30 bits per heavy atom. The molecule has 1 heterocycles. The van der Waals surface area contributed by atoms with Gasteiger partial charge in [0.05, 0.1) is 0 Å². The van der Waals surface area contributed by atoms with Crippen molar-refractivity contribution in [2.24, 2.45) is 5.92 Å². The fraction of sp³-hybridized carbons (Fsp3) is 0.667. The lowest BCUT2D eigenvalue weighted by molar-refractivity contribution is -0.113. The third kappa shape index (κ3) is 4.85. The van der Waals surface area contributed by atoms with Gasteiger partial charge in [0.15, 0.2) is 0 Å². The number of ether oxygens (including phenoxy) is 1. The molecular formula is C18H30N2O3. The molecule has 0 radical (unpaired) electrons. The average Bonchev–Trinajstić information content (AvgIpc) is 2.64. The minimum absolute atomic E-state index is 0.494. The first-order valence-corrected chi connectivity index (χ1v) is 8.04. The third-order valence-corrected chi connectivity index (χ3v) is 3.68. The van der Waals surface area contributed by atoms with Gasteiger partial charge < -0.3 is 19.4 Å². The molecule has 130 valence electrons. The first-order valence-electron chi connectivity index (χ1n) is 8.04. The van der Waals surface area contributed by atoms with Crippen LogP contribution in [0.5, 0.6) is 0 Å². The van der Waals surface area contributed by atoms with Crippen molar-refractivity contribution < 1.29 is 14.3 Å². The summed E-state index contributed by atoms with van der Waals surface area (Å²) in [7, 11) is 0. The van der Waals surface area contributed by atoms with Gasteiger partial charge in [-0.15, -0.1) is 0 Å². The van der Waals surface area contributed by atoms with E-state index in [0.29, 0.717) is 5.92 Å². The molecule has 1 rings (SSSR count). The molecular weight excluding hydrogens is 292 g/mol. The maximum atomic E-state index is 12.1. The quantitative estimate of drug-likeness (QED) is 0.841. The number of alkyl carbamates (subject to hydrolysis) is 1. The lowest BCUT2D eigenvalue weighted by Gasteiger charge is -2.28. The fourth-order valence-electron chi connectivity index (χ4n) is 2.65. The molecule has 1 unspecified atom stereocenters. The lowest BCUT2D eigenvalue weighted by Crippen LogP contribution is -2.47. The number of hydrogen-bond donors (Lipinski definition) is 1. The Morgan fingerprint density at radius 1 is 1.30 bits per heavy atom. The average molecular weight is 322 g/mol. The van der Waals surface area contributed by atoms with Gasteiger partial charge in [-0.25, -0.2) is 4.79 Å². The van der Waals surface area contributed by atoms with Crippen LogP contribution in [-0.4, -0.2) is 22.5 Å². The lowest BCUT2D eigenvalue weighted by atomic mass is 9.94. The van der Waals surface area contributed by atoms with Crippen LogP contribution < -0.4 is 5.32 Å². The second-order valence-electron chi connectivity index (χ2n) is 7.74. The molecule has 0 fully saturated rings. The number of nitrogens with one attached hydrogen (secondary N) is 1. The number of rotatable bonds is 5. The molecule has 0 bridgehead atoms. The number of hydrogen-bond acceptors (Lipinski definition) is 3. The zero-order chi connectivity index (χ0) is 18.0. The van der Waals surface area contributed by atoms with Gasteiger partial charge in [0.1, 0.15) is 17.4 Å². The number of aryl methyl sites for hydroxylation is 1. The molecule has 0 spiro atoms. The van der Waals surface area contributed by atoms with Crippen LogP contribution in [0.3, 0.4) is 0 Å². The maximum absolute atomic E-state index is 12.1. The van der Waals surface area contributed by atoms with Gasteiger partial charge >= 0.3 is 6.09 Å². The predicted molar refractivity (Wildman–Crippen MR) is 91.5 cm³/mol.